The van der Waals surface area contributed by atoms with E-state index in [0.29, 0.717) is 0 Å². The van der Waals surface area contributed by atoms with Gasteiger partial charge < -0.3 is 19.7 Å². The van der Waals surface area contributed by atoms with E-state index in [4.69, 9.17) is 19.7 Å². The molecule has 0 saturated carbocycles. The lowest BCUT2D eigenvalue weighted by Crippen LogP contribution is -2.11. The molecule has 0 aromatic carbocycles. The maximum absolute atomic E-state index is 10.1. The number of unbranched alkanes of at least 4 members (excludes halogenated alkanes) is 5. The third-order valence-electron chi connectivity index (χ3n) is 2.83. The van der Waals surface area contributed by atoms with Crippen molar-refractivity contribution in [3.05, 3.63) is 0 Å². The minimum absolute atomic E-state index is 0.0370. The molecule has 2 N–H and O–H groups in total. The van der Waals surface area contributed by atoms with Crippen LogP contribution >= 0.6 is 0 Å². The zero-order chi connectivity index (χ0) is 17.2. The van der Waals surface area contributed by atoms with Gasteiger partial charge in [0.2, 0.25) is 0 Å². The van der Waals surface area contributed by atoms with Crippen LogP contribution in [-0.2, 0) is 19.1 Å². The molecule has 0 bridgehead atoms. The lowest BCUT2D eigenvalue weighted by molar-refractivity contribution is -0.138. The first-order chi connectivity index (χ1) is 10.4. The number of aliphatic carboxylic acids is 2. The van der Waals surface area contributed by atoms with Gasteiger partial charge in [0.15, 0.2) is 6.29 Å². The Morgan fingerprint density at radius 2 is 1.09 bits per heavy atom. The summed E-state index contributed by atoms with van der Waals surface area (Å²) in [4.78, 5) is 20.3. The zero-order valence-corrected chi connectivity index (χ0v) is 14.2. The highest BCUT2D eigenvalue weighted by atomic mass is 16.7. The minimum Gasteiger partial charge on any atom is -0.481 e. The molecule has 22 heavy (non-hydrogen) atoms. The minimum atomic E-state index is -0.740. The normalized spacial score (nSPS) is 10.2. The summed E-state index contributed by atoms with van der Waals surface area (Å²) in [7, 11) is 0. The van der Waals surface area contributed by atoms with Gasteiger partial charge >= 0.3 is 11.9 Å². The Hall–Kier alpha value is -1.14. The quantitative estimate of drug-likeness (QED) is 0.397. The standard InChI is InChI=1S/C10H18O4.C6H14O2/c11-9(12)7-5-3-1-2-4-6-8-10(13)14;1-4-7-6(3)8-5-2/h1-8H2,(H,11,12)(H,13,14);6H,4-5H2,1-3H3. The van der Waals surface area contributed by atoms with E-state index in [0.717, 1.165) is 51.7 Å². The summed E-state index contributed by atoms with van der Waals surface area (Å²) in [5.41, 5.74) is 0. The Kier molecular flexibility index (Phi) is 18.8. The van der Waals surface area contributed by atoms with Gasteiger partial charge in [-0.1, -0.05) is 25.7 Å². The number of carboxylic acids is 2. The van der Waals surface area contributed by atoms with Crippen molar-refractivity contribution in [2.45, 2.75) is 78.4 Å². The van der Waals surface area contributed by atoms with Crippen LogP contribution in [0.4, 0.5) is 0 Å². The van der Waals surface area contributed by atoms with Crippen LogP contribution in [0.2, 0.25) is 0 Å². The summed E-state index contributed by atoms with van der Waals surface area (Å²) in [6.07, 6.45) is 5.79. The van der Waals surface area contributed by atoms with Gasteiger partial charge in [-0.3, -0.25) is 9.59 Å². The van der Waals surface area contributed by atoms with E-state index in [1.807, 2.05) is 20.8 Å². The molecule has 0 spiro atoms. The molecule has 0 heterocycles. The fourth-order valence-electron chi connectivity index (χ4n) is 1.78. The fraction of sp³-hybridized carbons (Fsp3) is 0.875. The highest BCUT2D eigenvalue weighted by molar-refractivity contribution is 5.66. The van der Waals surface area contributed by atoms with E-state index in [1.165, 1.54) is 0 Å². The number of hydrogen-bond acceptors (Lipinski definition) is 4. The summed E-state index contributed by atoms with van der Waals surface area (Å²) in [6.45, 7) is 7.25. The fourth-order valence-corrected chi connectivity index (χ4v) is 1.78. The van der Waals surface area contributed by atoms with Crippen molar-refractivity contribution in [3.8, 4) is 0 Å². The SMILES string of the molecule is CCOC(C)OCC.O=C(O)CCCCCCCCC(=O)O. The van der Waals surface area contributed by atoms with Gasteiger partial charge in [0, 0.05) is 26.1 Å². The van der Waals surface area contributed by atoms with Crippen LogP contribution in [0.3, 0.4) is 0 Å². The first-order valence-corrected chi connectivity index (χ1v) is 8.10. The Labute approximate surface area is 133 Å². The van der Waals surface area contributed by atoms with Crippen molar-refractivity contribution in [2.75, 3.05) is 13.2 Å². The number of ether oxygens (including phenoxy) is 2. The largest absolute Gasteiger partial charge is 0.481 e. The van der Waals surface area contributed by atoms with Gasteiger partial charge in [-0.05, 0) is 33.6 Å². The molecule has 0 aliphatic carbocycles. The van der Waals surface area contributed by atoms with Crippen LogP contribution in [-0.4, -0.2) is 41.7 Å². The lowest BCUT2D eigenvalue weighted by atomic mass is 10.1. The molecule has 0 amide bonds. The molecule has 132 valence electrons. The Bertz CT molecular complexity index is 241. The van der Waals surface area contributed by atoms with E-state index < -0.39 is 11.9 Å². The lowest BCUT2D eigenvalue weighted by Gasteiger charge is -2.09. The Balaban J connectivity index is 0. The van der Waals surface area contributed by atoms with Crippen molar-refractivity contribution in [1.29, 1.82) is 0 Å². The summed E-state index contributed by atoms with van der Waals surface area (Å²) < 4.78 is 10.1. The molecule has 0 aliphatic heterocycles. The first kappa shape index (κ1) is 23.1. The molecule has 0 aromatic heterocycles. The Morgan fingerprint density at radius 1 is 0.773 bits per heavy atom. The van der Waals surface area contributed by atoms with E-state index in [9.17, 15) is 9.59 Å². The number of rotatable bonds is 13. The van der Waals surface area contributed by atoms with Crippen LogP contribution in [0, 0.1) is 0 Å². The summed E-state index contributed by atoms with van der Waals surface area (Å²) in [6, 6.07) is 0. The van der Waals surface area contributed by atoms with E-state index in [2.05, 4.69) is 0 Å². The smallest absolute Gasteiger partial charge is 0.303 e. The monoisotopic (exact) mass is 320 g/mol. The third kappa shape index (κ3) is 23.9. The van der Waals surface area contributed by atoms with Crippen molar-refractivity contribution in [1.82, 2.24) is 0 Å². The maximum atomic E-state index is 10.1. The third-order valence-corrected chi connectivity index (χ3v) is 2.83. The van der Waals surface area contributed by atoms with Crippen molar-refractivity contribution in [3.63, 3.8) is 0 Å². The van der Waals surface area contributed by atoms with Crippen LogP contribution in [0.1, 0.15) is 72.1 Å². The van der Waals surface area contributed by atoms with Gasteiger partial charge in [-0.2, -0.15) is 0 Å². The summed E-state index contributed by atoms with van der Waals surface area (Å²) >= 11 is 0. The molecule has 0 aromatic rings. The average Bonchev–Trinajstić information content (AvgIpc) is 2.42. The van der Waals surface area contributed by atoms with Gasteiger partial charge in [0.1, 0.15) is 0 Å². The average molecular weight is 320 g/mol. The second-order valence-electron chi connectivity index (χ2n) is 4.89. The molecular weight excluding hydrogens is 288 g/mol. The molecule has 0 radical (unpaired) electrons. The molecular formula is C16H32O6. The molecule has 0 unspecified atom stereocenters. The predicted molar refractivity (Wildman–Crippen MR) is 84.9 cm³/mol. The zero-order valence-electron chi connectivity index (χ0n) is 14.2. The van der Waals surface area contributed by atoms with Crippen LogP contribution in [0.25, 0.3) is 0 Å². The molecule has 0 rings (SSSR count). The van der Waals surface area contributed by atoms with Crippen LogP contribution < -0.4 is 0 Å². The second kappa shape index (κ2) is 17.9. The van der Waals surface area contributed by atoms with Crippen molar-refractivity contribution in [2.24, 2.45) is 0 Å². The molecule has 6 nitrogen and oxygen atoms in total. The topological polar surface area (TPSA) is 93.1 Å². The van der Waals surface area contributed by atoms with Gasteiger partial charge in [0.05, 0.1) is 0 Å². The molecule has 6 heteroatoms. The number of carboxylic acid groups (broad SMARTS) is 2. The van der Waals surface area contributed by atoms with E-state index >= 15 is 0 Å². The van der Waals surface area contributed by atoms with Gasteiger partial charge in [-0.25, -0.2) is 0 Å². The maximum Gasteiger partial charge on any atom is 0.303 e. The van der Waals surface area contributed by atoms with Crippen molar-refractivity contribution >= 4 is 11.9 Å². The summed E-state index contributed by atoms with van der Waals surface area (Å²) in [5, 5.41) is 16.7. The highest BCUT2D eigenvalue weighted by Gasteiger charge is 1.98. The summed E-state index contributed by atoms with van der Waals surface area (Å²) in [5.74, 6) is -1.48. The predicted octanol–water partition coefficient (Wildman–Crippen LogP) is 3.68. The van der Waals surface area contributed by atoms with E-state index in [1.54, 1.807) is 0 Å². The molecule has 0 fully saturated rings. The van der Waals surface area contributed by atoms with Crippen LogP contribution in [0.5, 0.6) is 0 Å². The molecule has 0 saturated heterocycles. The Morgan fingerprint density at radius 3 is 1.36 bits per heavy atom. The van der Waals surface area contributed by atoms with Gasteiger partial charge in [-0.15, -0.1) is 0 Å². The first-order valence-electron chi connectivity index (χ1n) is 8.10. The number of carbonyl (C=O) groups is 2. The van der Waals surface area contributed by atoms with E-state index in [-0.39, 0.29) is 19.1 Å². The number of hydrogen-bond donors (Lipinski definition) is 2. The van der Waals surface area contributed by atoms with Crippen LogP contribution in [0.15, 0.2) is 0 Å². The second-order valence-corrected chi connectivity index (χ2v) is 4.89. The van der Waals surface area contributed by atoms with Gasteiger partial charge in [0.25, 0.3) is 0 Å². The molecule has 0 aliphatic rings. The highest BCUT2D eigenvalue weighted by Crippen LogP contribution is 2.08. The van der Waals surface area contributed by atoms with Crippen molar-refractivity contribution < 1.29 is 29.3 Å². The molecule has 0 atom stereocenters.